The highest BCUT2D eigenvalue weighted by Gasteiger charge is 2.29. The van der Waals surface area contributed by atoms with Gasteiger partial charge in [-0.15, -0.1) is 0 Å². The second-order valence-electron chi connectivity index (χ2n) is 5.89. The number of carboxylic acids is 1. The molecule has 5 nitrogen and oxygen atoms in total. The molecule has 1 aliphatic heterocycles. The molecule has 1 fully saturated rings. The van der Waals surface area contributed by atoms with E-state index in [2.05, 4.69) is 12.2 Å². The third-order valence-corrected chi connectivity index (χ3v) is 3.85. The number of ether oxygens (including phenoxy) is 1. The summed E-state index contributed by atoms with van der Waals surface area (Å²) in [5.41, 5.74) is 1.28. The molecule has 1 aromatic carbocycles. The lowest BCUT2D eigenvalue weighted by Gasteiger charge is -2.21. The van der Waals surface area contributed by atoms with E-state index in [1.165, 1.54) is 0 Å². The first-order chi connectivity index (χ1) is 9.98. The van der Waals surface area contributed by atoms with E-state index in [0.717, 1.165) is 18.6 Å². The molecule has 0 aromatic heterocycles. The second kappa shape index (κ2) is 6.72. The molecule has 1 saturated heterocycles. The summed E-state index contributed by atoms with van der Waals surface area (Å²) < 4.78 is 5.35. The lowest BCUT2D eigenvalue weighted by Crippen LogP contribution is -2.36. The number of hydrogen-bond donors (Lipinski definition) is 2. The van der Waals surface area contributed by atoms with Crippen molar-refractivity contribution in [2.24, 2.45) is 5.41 Å². The summed E-state index contributed by atoms with van der Waals surface area (Å²) in [5, 5.41) is 11.8. The van der Waals surface area contributed by atoms with Crippen LogP contribution in [0.25, 0.3) is 0 Å². The molecule has 1 aromatic rings. The van der Waals surface area contributed by atoms with Crippen LogP contribution < -0.4 is 5.32 Å². The molecule has 1 unspecified atom stereocenters. The monoisotopic (exact) mass is 291 g/mol. The van der Waals surface area contributed by atoms with Crippen molar-refractivity contribution in [1.29, 1.82) is 0 Å². The van der Waals surface area contributed by atoms with Gasteiger partial charge < -0.3 is 15.2 Å². The summed E-state index contributed by atoms with van der Waals surface area (Å²) in [7, 11) is 0. The van der Waals surface area contributed by atoms with E-state index < -0.39 is 5.97 Å². The molecule has 0 aliphatic carbocycles. The van der Waals surface area contributed by atoms with Gasteiger partial charge in [-0.2, -0.15) is 0 Å². The lowest BCUT2D eigenvalue weighted by molar-refractivity contribution is -0.121. The second-order valence-corrected chi connectivity index (χ2v) is 5.89. The predicted molar refractivity (Wildman–Crippen MR) is 78.3 cm³/mol. The van der Waals surface area contributed by atoms with Crippen LogP contribution in [0.4, 0.5) is 0 Å². The maximum absolute atomic E-state index is 11.8. The van der Waals surface area contributed by atoms with E-state index in [1.807, 2.05) is 0 Å². The Bertz CT molecular complexity index is 504. The molecular weight excluding hydrogens is 270 g/mol. The van der Waals surface area contributed by atoms with Crippen LogP contribution in [-0.4, -0.2) is 36.7 Å². The van der Waals surface area contributed by atoms with Crippen LogP contribution in [0.5, 0.6) is 0 Å². The number of hydrogen-bond acceptors (Lipinski definition) is 3. The van der Waals surface area contributed by atoms with Crippen molar-refractivity contribution < 1.29 is 19.4 Å². The summed E-state index contributed by atoms with van der Waals surface area (Å²) in [6.45, 7) is 4.22. The molecule has 0 spiro atoms. The molecule has 2 N–H and O–H groups in total. The Labute approximate surface area is 124 Å². The molecule has 0 radical (unpaired) electrons. The van der Waals surface area contributed by atoms with Crippen LogP contribution in [-0.2, 0) is 16.0 Å². The van der Waals surface area contributed by atoms with E-state index in [0.29, 0.717) is 26.0 Å². The van der Waals surface area contributed by atoms with E-state index in [1.54, 1.807) is 24.3 Å². The standard InChI is InChI=1S/C16H21NO4/c1-16(8-9-21-11-16)10-17-14(18)7-4-12-2-5-13(6-3-12)15(19)20/h2-3,5-6H,4,7-11H2,1H3,(H,17,18)(H,19,20). The Hall–Kier alpha value is -1.88. The van der Waals surface area contributed by atoms with Crippen molar-refractivity contribution in [3.63, 3.8) is 0 Å². The van der Waals surface area contributed by atoms with Gasteiger partial charge in [-0.05, 0) is 30.5 Å². The molecule has 1 aliphatic rings. The molecule has 0 bridgehead atoms. The first-order valence-electron chi connectivity index (χ1n) is 7.15. The van der Waals surface area contributed by atoms with Gasteiger partial charge in [-0.3, -0.25) is 4.79 Å². The van der Waals surface area contributed by atoms with Gasteiger partial charge in [0, 0.05) is 25.0 Å². The van der Waals surface area contributed by atoms with Crippen LogP contribution in [0.1, 0.15) is 35.7 Å². The van der Waals surface area contributed by atoms with Gasteiger partial charge in [0.1, 0.15) is 0 Å². The largest absolute Gasteiger partial charge is 0.478 e. The molecular formula is C16H21NO4. The average molecular weight is 291 g/mol. The normalized spacial score (nSPS) is 21.2. The number of carboxylic acid groups (broad SMARTS) is 1. The number of amides is 1. The number of rotatable bonds is 6. The van der Waals surface area contributed by atoms with Crippen molar-refractivity contribution in [3.05, 3.63) is 35.4 Å². The summed E-state index contributed by atoms with van der Waals surface area (Å²) in [6.07, 6.45) is 1.99. The van der Waals surface area contributed by atoms with Gasteiger partial charge in [0.15, 0.2) is 0 Å². The zero-order valence-corrected chi connectivity index (χ0v) is 12.2. The smallest absolute Gasteiger partial charge is 0.335 e. The highest BCUT2D eigenvalue weighted by molar-refractivity contribution is 5.87. The van der Waals surface area contributed by atoms with E-state index >= 15 is 0 Å². The van der Waals surface area contributed by atoms with Crippen LogP contribution in [0.2, 0.25) is 0 Å². The van der Waals surface area contributed by atoms with Crippen LogP contribution in [0, 0.1) is 5.41 Å². The molecule has 2 rings (SSSR count). The molecule has 1 amide bonds. The Morgan fingerprint density at radius 2 is 2.05 bits per heavy atom. The highest BCUT2D eigenvalue weighted by Crippen LogP contribution is 2.26. The number of carbonyl (C=O) groups excluding carboxylic acids is 1. The van der Waals surface area contributed by atoms with Gasteiger partial charge in [-0.25, -0.2) is 4.79 Å². The Kier molecular flexibility index (Phi) is 4.96. The molecule has 21 heavy (non-hydrogen) atoms. The van der Waals surface area contributed by atoms with E-state index in [9.17, 15) is 9.59 Å². The Morgan fingerprint density at radius 3 is 2.62 bits per heavy atom. The van der Waals surface area contributed by atoms with Crippen molar-refractivity contribution >= 4 is 11.9 Å². The number of carbonyl (C=O) groups is 2. The molecule has 0 saturated carbocycles. The summed E-state index contributed by atoms with van der Waals surface area (Å²) >= 11 is 0. The van der Waals surface area contributed by atoms with Gasteiger partial charge in [0.25, 0.3) is 0 Å². The zero-order valence-electron chi connectivity index (χ0n) is 12.2. The van der Waals surface area contributed by atoms with Gasteiger partial charge in [0.2, 0.25) is 5.91 Å². The van der Waals surface area contributed by atoms with Gasteiger partial charge >= 0.3 is 5.97 Å². The number of aromatic carboxylic acids is 1. The molecule has 114 valence electrons. The third kappa shape index (κ3) is 4.56. The van der Waals surface area contributed by atoms with Crippen LogP contribution >= 0.6 is 0 Å². The van der Waals surface area contributed by atoms with Crippen molar-refractivity contribution in [3.8, 4) is 0 Å². The average Bonchev–Trinajstić information content (AvgIpc) is 2.91. The molecule has 5 heteroatoms. The van der Waals surface area contributed by atoms with Crippen molar-refractivity contribution in [2.45, 2.75) is 26.2 Å². The summed E-state index contributed by atoms with van der Waals surface area (Å²) in [5.74, 6) is -0.920. The minimum Gasteiger partial charge on any atom is -0.478 e. The minimum absolute atomic E-state index is 0.0189. The van der Waals surface area contributed by atoms with Crippen molar-refractivity contribution in [1.82, 2.24) is 5.32 Å². The fraction of sp³-hybridized carbons (Fsp3) is 0.500. The maximum Gasteiger partial charge on any atom is 0.335 e. The maximum atomic E-state index is 11.8. The number of nitrogens with one attached hydrogen (secondary N) is 1. The lowest BCUT2D eigenvalue weighted by atomic mass is 9.90. The number of aryl methyl sites for hydroxylation is 1. The third-order valence-electron chi connectivity index (χ3n) is 3.85. The Balaban J connectivity index is 1.74. The fourth-order valence-corrected chi connectivity index (χ4v) is 2.32. The molecule has 1 atom stereocenters. The van der Waals surface area contributed by atoms with Gasteiger partial charge in [-0.1, -0.05) is 19.1 Å². The first kappa shape index (κ1) is 15.5. The summed E-state index contributed by atoms with van der Waals surface area (Å²) in [6, 6.07) is 6.63. The first-order valence-corrected chi connectivity index (χ1v) is 7.15. The van der Waals surface area contributed by atoms with Crippen LogP contribution in [0.3, 0.4) is 0 Å². The quantitative estimate of drug-likeness (QED) is 0.839. The molecule has 1 heterocycles. The fourth-order valence-electron chi connectivity index (χ4n) is 2.32. The topological polar surface area (TPSA) is 75.6 Å². The van der Waals surface area contributed by atoms with E-state index in [-0.39, 0.29) is 16.9 Å². The Morgan fingerprint density at radius 1 is 1.33 bits per heavy atom. The van der Waals surface area contributed by atoms with E-state index in [4.69, 9.17) is 9.84 Å². The summed E-state index contributed by atoms with van der Waals surface area (Å²) in [4.78, 5) is 22.6. The highest BCUT2D eigenvalue weighted by atomic mass is 16.5. The predicted octanol–water partition coefficient (Wildman–Crippen LogP) is 1.86. The SMILES string of the molecule is CC1(CNC(=O)CCc2ccc(C(=O)O)cc2)CCOC1. The van der Waals surface area contributed by atoms with Crippen LogP contribution in [0.15, 0.2) is 24.3 Å². The minimum atomic E-state index is -0.939. The number of benzene rings is 1. The van der Waals surface area contributed by atoms with Gasteiger partial charge in [0.05, 0.1) is 12.2 Å². The van der Waals surface area contributed by atoms with Crippen molar-refractivity contribution in [2.75, 3.05) is 19.8 Å². The zero-order chi connectivity index (χ0) is 15.3.